The fourth-order valence-corrected chi connectivity index (χ4v) is 1.57. The van der Waals surface area contributed by atoms with Crippen LogP contribution < -0.4 is 16.6 Å². The number of hydrogen-bond acceptors (Lipinski definition) is 6. The summed E-state index contributed by atoms with van der Waals surface area (Å²) in [6.45, 7) is 7.43. The fourth-order valence-electron chi connectivity index (χ4n) is 1.57. The van der Waals surface area contributed by atoms with Crippen molar-refractivity contribution < 1.29 is 4.74 Å². The van der Waals surface area contributed by atoms with Crippen molar-refractivity contribution in [1.82, 2.24) is 9.97 Å². The molecular weight excluding hydrogens is 218 g/mol. The quantitative estimate of drug-likeness (QED) is 0.489. The molecule has 0 saturated heterocycles. The molecular formula is C11H21N5O. The van der Waals surface area contributed by atoms with Gasteiger partial charge in [0.25, 0.3) is 0 Å². The first-order valence-corrected chi connectivity index (χ1v) is 5.87. The van der Waals surface area contributed by atoms with Crippen molar-refractivity contribution in [2.75, 3.05) is 24.0 Å². The van der Waals surface area contributed by atoms with Crippen LogP contribution in [0.5, 0.6) is 0 Å². The third kappa shape index (κ3) is 3.83. The number of nitrogens with two attached hydrogens (primary N) is 1. The number of anilines is 2. The number of nitrogens with zero attached hydrogens (tertiary/aromatic N) is 2. The molecule has 0 aliphatic carbocycles. The van der Waals surface area contributed by atoms with Crippen LogP contribution in [0.4, 0.5) is 11.6 Å². The van der Waals surface area contributed by atoms with E-state index in [1.165, 1.54) is 6.33 Å². The zero-order valence-corrected chi connectivity index (χ0v) is 10.7. The monoisotopic (exact) mass is 239 g/mol. The first kappa shape index (κ1) is 13.7. The highest BCUT2D eigenvalue weighted by molar-refractivity contribution is 5.57. The number of hydrazine groups is 1. The Hall–Kier alpha value is -1.40. The van der Waals surface area contributed by atoms with Gasteiger partial charge < -0.3 is 15.5 Å². The topological polar surface area (TPSA) is 85.1 Å². The second kappa shape index (κ2) is 7.03. The molecule has 0 saturated carbocycles. The van der Waals surface area contributed by atoms with Crippen LogP contribution in [0.25, 0.3) is 0 Å². The van der Waals surface area contributed by atoms with Gasteiger partial charge in [-0.05, 0) is 20.3 Å². The number of nitrogen functional groups attached to an aromatic ring is 1. The SMILES string of the molecule is CCOCC(C)Nc1ncnc(NN)c1CC. The van der Waals surface area contributed by atoms with Crippen LogP contribution in [0, 0.1) is 0 Å². The highest BCUT2D eigenvalue weighted by Crippen LogP contribution is 2.20. The van der Waals surface area contributed by atoms with Gasteiger partial charge in [0.1, 0.15) is 18.0 Å². The van der Waals surface area contributed by atoms with Crippen molar-refractivity contribution >= 4 is 11.6 Å². The third-order valence-electron chi connectivity index (χ3n) is 2.39. The average Bonchev–Trinajstić information content (AvgIpc) is 2.35. The van der Waals surface area contributed by atoms with Crippen molar-refractivity contribution in [2.45, 2.75) is 33.2 Å². The lowest BCUT2D eigenvalue weighted by atomic mass is 10.2. The van der Waals surface area contributed by atoms with E-state index in [1.807, 2.05) is 20.8 Å². The number of rotatable bonds is 7. The second-order valence-electron chi connectivity index (χ2n) is 3.75. The lowest BCUT2D eigenvalue weighted by molar-refractivity contribution is 0.141. The number of hydrogen-bond donors (Lipinski definition) is 3. The highest BCUT2D eigenvalue weighted by Gasteiger charge is 2.11. The summed E-state index contributed by atoms with van der Waals surface area (Å²) in [5, 5.41) is 3.30. The van der Waals surface area contributed by atoms with Gasteiger partial charge in [0.15, 0.2) is 0 Å². The van der Waals surface area contributed by atoms with Gasteiger partial charge in [-0.3, -0.25) is 0 Å². The van der Waals surface area contributed by atoms with E-state index in [1.54, 1.807) is 0 Å². The second-order valence-corrected chi connectivity index (χ2v) is 3.75. The summed E-state index contributed by atoms with van der Waals surface area (Å²) in [6.07, 6.45) is 2.30. The average molecular weight is 239 g/mol. The zero-order valence-electron chi connectivity index (χ0n) is 10.7. The molecule has 0 spiro atoms. The Morgan fingerprint density at radius 3 is 2.65 bits per heavy atom. The lowest BCUT2D eigenvalue weighted by Crippen LogP contribution is -2.24. The van der Waals surface area contributed by atoms with Crippen LogP contribution >= 0.6 is 0 Å². The molecule has 1 aromatic rings. The molecule has 1 rings (SSSR count). The van der Waals surface area contributed by atoms with Gasteiger partial charge in [0.05, 0.1) is 6.61 Å². The molecule has 0 fully saturated rings. The Labute approximate surface area is 102 Å². The van der Waals surface area contributed by atoms with E-state index in [0.29, 0.717) is 19.0 Å². The highest BCUT2D eigenvalue weighted by atomic mass is 16.5. The number of ether oxygens (including phenoxy) is 1. The van der Waals surface area contributed by atoms with E-state index in [2.05, 4.69) is 20.7 Å². The van der Waals surface area contributed by atoms with Gasteiger partial charge in [-0.25, -0.2) is 15.8 Å². The van der Waals surface area contributed by atoms with E-state index in [0.717, 1.165) is 17.8 Å². The Morgan fingerprint density at radius 2 is 2.06 bits per heavy atom. The maximum Gasteiger partial charge on any atom is 0.148 e. The zero-order chi connectivity index (χ0) is 12.7. The lowest BCUT2D eigenvalue weighted by Gasteiger charge is -2.17. The fraction of sp³-hybridized carbons (Fsp3) is 0.636. The first-order chi connectivity index (χ1) is 8.22. The van der Waals surface area contributed by atoms with Gasteiger partial charge in [0.2, 0.25) is 0 Å². The minimum Gasteiger partial charge on any atom is -0.380 e. The van der Waals surface area contributed by atoms with Crippen LogP contribution in [-0.4, -0.2) is 29.2 Å². The van der Waals surface area contributed by atoms with E-state index in [4.69, 9.17) is 10.6 Å². The van der Waals surface area contributed by atoms with Crippen LogP contribution in [0.3, 0.4) is 0 Å². The summed E-state index contributed by atoms with van der Waals surface area (Å²) in [4.78, 5) is 8.31. The molecule has 1 unspecified atom stereocenters. The molecule has 1 atom stereocenters. The summed E-state index contributed by atoms with van der Waals surface area (Å²) in [6, 6.07) is 0.195. The van der Waals surface area contributed by atoms with Crippen LogP contribution in [0.2, 0.25) is 0 Å². The van der Waals surface area contributed by atoms with Gasteiger partial charge in [-0.15, -0.1) is 0 Å². The molecule has 0 aliphatic heterocycles. The number of aromatic nitrogens is 2. The van der Waals surface area contributed by atoms with E-state index in [-0.39, 0.29) is 6.04 Å². The maximum atomic E-state index is 5.41. The van der Waals surface area contributed by atoms with Crippen LogP contribution in [0.15, 0.2) is 6.33 Å². The Morgan fingerprint density at radius 1 is 1.35 bits per heavy atom. The van der Waals surface area contributed by atoms with Crippen LogP contribution in [-0.2, 0) is 11.2 Å². The van der Waals surface area contributed by atoms with Crippen molar-refractivity contribution in [1.29, 1.82) is 0 Å². The molecule has 4 N–H and O–H groups in total. The van der Waals surface area contributed by atoms with E-state index >= 15 is 0 Å². The van der Waals surface area contributed by atoms with Gasteiger partial charge in [-0.2, -0.15) is 0 Å². The smallest absolute Gasteiger partial charge is 0.148 e. The predicted octanol–water partition coefficient (Wildman–Crippen LogP) is 1.16. The van der Waals surface area contributed by atoms with Crippen molar-refractivity contribution in [2.24, 2.45) is 5.84 Å². The maximum absolute atomic E-state index is 5.41. The molecule has 1 aromatic heterocycles. The largest absolute Gasteiger partial charge is 0.380 e. The molecule has 0 aromatic carbocycles. The molecule has 1 heterocycles. The summed E-state index contributed by atoms with van der Waals surface area (Å²) >= 11 is 0. The predicted molar refractivity (Wildman–Crippen MR) is 68.8 cm³/mol. The van der Waals surface area contributed by atoms with Crippen molar-refractivity contribution in [3.63, 3.8) is 0 Å². The number of nitrogens with one attached hydrogen (secondary N) is 2. The summed E-state index contributed by atoms with van der Waals surface area (Å²) in [5.41, 5.74) is 3.57. The molecule has 0 radical (unpaired) electrons. The van der Waals surface area contributed by atoms with Crippen molar-refractivity contribution in [3.05, 3.63) is 11.9 Å². The van der Waals surface area contributed by atoms with Gasteiger partial charge in [-0.1, -0.05) is 6.92 Å². The standard InChI is InChI=1S/C11H21N5O/c1-4-9-10(13-7-14-11(9)16-12)15-8(3)6-17-5-2/h7-8H,4-6,12H2,1-3H3,(H2,13,14,15,16). The Balaban J connectivity index is 2.75. The summed E-state index contributed by atoms with van der Waals surface area (Å²) in [7, 11) is 0. The van der Waals surface area contributed by atoms with Gasteiger partial charge >= 0.3 is 0 Å². The normalized spacial score (nSPS) is 12.2. The van der Waals surface area contributed by atoms with E-state index in [9.17, 15) is 0 Å². The first-order valence-electron chi connectivity index (χ1n) is 5.87. The summed E-state index contributed by atoms with van der Waals surface area (Å²) in [5.74, 6) is 6.88. The molecule has 0 bridgehead atoms. The molecule has 17 heavy (non-hydrogen) atoms. The Bertz CT molecular complexity index is 345. The minimum atomic E-state index is 0.195. The minimum absolute atomic E-state index is 0.195. The van der Waals surface area contributed by atoms with Crippen LogP contribution in [0.1, 0.15) is 26.3 Å². The molecule has 0 amide bonds. The Kier molecular flexibility index (Phi) is 5.65. The van der Waals surface area contributed by atoms with Crippen molar-refractivity contribution in [3.8, 4) is 0 Å². The summed E-state index contributed by atoms with van der Waals surface area (Å²) < 4.78 is 5.35. The molecule has 0 aliphatic rings. The van der Waals surface area contributed by atoms with E-state index < -0.39 is 0 Å². The molecule has 6 heteroatoms. The third-order valence-corrected chi connectivity index (χ3v) is 2.39. The van der Waals surface area contributed by atoms with Gasteiger partial charge in [0, 0.05) is 18.2 Å². The molecule has 6 nitrogen and oxygen atoms in total. The molecule has 96 valence electrons.